The summed E-state index contributed by atoms with van der Waals surface area (Å²) in [5.41, 5.74) is 8.60. The molecule has 0 saturated heterocycles. The number of rotatable bonds is 7. The molecule has 84 valence electrons. The smallest absolute Gasteiger partial charge is 0.333 e. The van der Waals surface area contributed by atoms with E-state index in [0.717, 1.165) is 19.3 Å². The average Bonchev–Trinajstić information content (AvgIpc) is 2.18. The van der Waals surface area contributed by atoms with Crippen LogP contribution < -0.4 is 0 Å². The minimum atomic E-state index is -0.703. The quantitative estimate of drug-likeness (QED) is 0.162. The number of carbonyl (C=O) groups is 1. The van der Waals surface area contributed by atoms with Crippen molar-refractivity contribution in [3.63, 3.8) is 0 Å². The van der Waals surface area contributed by atoms with Gasteiger partial charge in [0.05, 0.1) is 0 Å². The predicted octanol–water partition coefficient (Wildman–Crippen LogP) is 3.32. The second-order valence-electron chi connectivity index (χ2n) is 3.34. The highest BCUT2D eigenvalue weighted by atomic mass is 16.6. The molecular formula is C10H17N3O2. The van der Waals surface area contributed by atoms with Crippen LogP contribution in [0.15, 0.2) is 17.3 Å². The lowest BCUT2D eigenvalue weighted by atomic mass is 10.2. The Labute approximate surface area is 89.7 Å². The Morgan fingerprint density at radius 3 is 2.73 bits per heavy atom. The topological polar surface area (TPSA) is 75.1 Å². The summed E-state index contributed by atoms with van der Waals surface area (Å²) in [5.74, 6) is -0.510. The van der Waals surface area contributed by atoms with Crippen LogP contribution in [-0.4, -0.2) is 12.2 Å². The van der Waals surface area contributed by atoms with Gasteiger partial charge in [-0.1, -0.05) is 26.3 Å². The highest BCUT2D eigenvalue weighted by molar-refractivity contribution is 5.87. The van der Waals surface area contributed by atoms with Gasteiger partial charge in [0.2, 0.25) is 0 Å². The van der Waals surface area contributed by atoms with Gasteiger partial charge in [-0.2, -0.15) is 0 Å². The van der Waals surface area contributed by atoms with Crippen LogP contribution in [0.25, 0.3) is 10.4 Å². The fraction of sp³-hybridized carbons (Fsp3) is 0.700. The lowest BCUT2D eigenvalue weighted by Crippen LogP contribution is -2.16. The summed E-state index contributed by atoms with van der Waals surface area (Å²) in [5, 5.41) is 3.41. The van der Waals surface area contributed by atoms with E-state index < -0.39 is 12.2 Å². The largest absolute Gasteiger partial charge is 0.453 e. The summed E-state index contributed by atoms with van der Waals surface area (Å²) in [7, 11) is 0. The monoisotopic (exact) mass is 211 g/mol. The first-order valence-electron chi connectivity index (χ1n) is 5.02. The zero-order valence-corrected chi connectivity index (χ0v) is 9.27. The van der Waals surface area contributed by atoms with E-state index >= 15 is 0 Å². The number of esters is 1. The van der Waals surface area contributed by atoms with Crippen molar-refractivity contribution in [1.82, 2.24) is 0 Å². The minimum absolute atomic E-state index is 0.309. The zero-order valence-electron chi connectivity index (χ0n) is 9.27. The first-order chi connectivity index (χ1) is 7.11. The molecule has 0 radical (unpaired) electrons. The molecule has 1 unspecified atom stereocenters. The van der Waals surface area contributed by atoms with Gasteiger partial charge in [-0.25, -0.2) is 4.79 Å². The fourth-order valence-electron chi connectivity index (χ4n) is 0.991. The maximum Gasteiger partial charge on any atom is 0.333 e. The molecule has 0 aromatic carbocycles. The van der Waals surface area contributed by atoms with Crippen LogP contribution in [0, 0.1) is 0 Å². The number of carbonyl (C=O) groups excluding carboxylic acids is 1. The minimum Gasteiger partial charge on any atom is -0.453 e. The van der Waals surface area contributed by atoms with Crippen molar-refractivity contribution >= 4 is 5.97 Å². The number of unbranched alkanes of at least 4 members (excludes halogenated alkanes) is 2. The van der Waals surface area contributed by atoms with Gasteiger partial charge in [0.1, 0.15) is 0 Å². The van der Waals surface area contributed by atoms with Gasteiger partial charge in [0.25, 0.3) is 0 Å². The van der Waals surface area contributed by atoms with Crippen LogP contribution in [0.2, 0.25) is 0 Å². The lowest BCUT2D eigenvalue weighted by molar-refractivity contribution is -0.144. The second kappa shape index (κ2) is 7.88. The molecule has 0 spiro atoms. The Balaban J connectivity index is 4.09. The zero-order chi connectivity index (χ0) is 11.7. The second-order valence-corrected chi connectivity index (χ2v) is 3.34. The van der Waals surface area contributed by atoms with Crippen molar-refractivity contribution in [2.24, 2.45) is 5.11 Å². The van der Waals surface area contributed by atoms with Crippen molar-refractivity contribution in [2.45, 2.75) is 45.8 Å². The van der Waals surface area contributed by atoms with Crippen molar-refractivity contribution in [1.29, 1.82) is 0 Å². The maximum absolute atomic E-state index is 11.2. The van der Waals surface area contributed by atoms with Crippen LogP contribution in [0.5, 0.6) is 0 Å². The van der Waals surface area contributed by atoms with E-state index in [1.807, 2.05) is 0 Å². The molecule has 5 nitrogen and oxygen atoms in total. The third-order valence-corrected chi connectivity index (χ3v) is 1.83. The number of azide groups is 1. The van der Waals surface area contributed by atoms with Crippen molar-refractivity contribution in [3.8, 4) is 0 Å². The first-order valence-corrected chi connectivity index (χ1v) is 5.02. The highest BCUT2D eigenvalue weighted by Crippen LogP contribution is 2.10. The molecule has 0 aliphatic rings. The Hall–Kier alpha value is -1.48. The Kier molecular flexibility index (Phi) is 7.10. The van der Waals surface area contributed by atoms with Crippen LogP contribution in [0.4, 0.5) is 0 Å². The van der Waals surface area contributed by atoms with Gasteiger partial charge in [0.15, 0.2) is 6.23 Å². The van der Waals surface area contributed by atoms with E-state index in [1.165, 1.54) is 0 Å². The van der Waals surface area contributed by atoms with Crippen molar-refractivity contribution in [3.05, 3.63) is 22.6 Å². The lowest BCUT2D eigenvalue weighted by Gasteiger charge is -2.12. The van der Waals surface area contributed by atoms with Gasteiger partial charge in [-0.05, 0) is 30.4 Å². The van der Waals surface area contributed by atoms with Gasteiger partial charge in [-0.3, -0.25) is 0 Å². The van der Waals surface area contributed by atoms with Crippen molar-refractivity contribution < 1.29 is 9.53 Å². The molecule has 0 aliphatic carbocycles. The van der Waals surface area contributed by atoms with E-state index in [0.29, 0.717) is 12.0 Å². The molecule has 0 aromatic rings. The molecule has 15 heavy (non-hydrogen) atoms. The number of hydrogen-bond acceptors (Lipinski definition) is 3. The molecule has 0 amide bonds. The van der Waals surface area contributed by atoms with E-state index in [2.05, 4.69) is 23.5 Å². The molecule has 0 N–H and O–H groups in total. The normalized spacial score (nSPS) is 11.3. The van der Waals surface area contributed by atoms with E-state index in [-0.39, 0.29) is 0 Å². The Morgan fingerprint density at radius 2 is 2.27 bits per heavy atom. The third-order valence-electron chi connectivity index (χ3n) is 1.83. The molecular weight excluding hydrogens is 194 g/mol. The predicted molar refractivity (Wildman–Crippen MR) is 58.0 cm³/mol. The van der Waals surface area contributed by atoms with Gasteiger partial charge in [-0.15, -0.1) is 0 Å². The fourth-order valence-corrected chi connectivity index (χ4v) is 0.991. The average molecular weight is 211 g/mol. The molecule has 0 bridgehead atoms. The highest BCUT2D eigenvalue weighted by Gasteiger charge is 2.12. The summed E-state index contributed by atoms with van der Waals surface area (Å²) in [6.07, 6.45) is 2.84. The number of hydrogen-bond donors (Lipinski definition) is 0. The van der Waals surface area contributed by atoms with E-state index in [4.69, 9.17) is 10.3 Å². The van der Waals surface area contributed by atoms with Crippen LogP contribution in [-0.2, 0) is 9.53 Å². The Morgan fingerprint density at radius 1 is 1.60 bits per heavy atom. The molecule has 0 saturated carbocycles. The van der Waals surface area contributed by atoms with Crippen molar-refractivity contribution in [2.75, 3.05) is 0 Å². The Bertz CT molecular complexity index is 270. The molecule has 0 aliphatic heterocycles. The van der Waals surface area contributed by atoms with Gasteiger partial charge >= 0.3 is 5.97 Å². The summed E-state index contributed by atoms with van der Waals surface area (Å²) in [6, 6.07) is 0. The first kappa shape index (κ1) is 13.5. The molecule has 0 rings (SSSR count). The van der Waals surface area contributed by atoms with E-state index in [9.17, 15) is 4.79 Å². The SMILES string of the molecule is C=C(C)C(=O)OC(CCCCC)N=[N+]=[N-]. The molecule has 1 atom stereocenters. The molecule has 5 heteroatoms. The summed E-state index contributed by atoms with van der Waals surface area (Å²) < 4.78 is 4.94. The summed E-state index contributed by atoms with van der Waals surface area (Å²) >= 11 is 0. The standard InChI is InChI=1S/C10H17N3O2/c1-4-5-6-7-9(12-13-11)15-10(14)8(2)3/h9H,2,4-7H2,1,3H3. The van der Waals surface area contributed by atoms with Gasteiger partial charge in [0, 0.05) is 10.5 Å². The third kappa shape index (κ3) is 6.57. The number of ether oxygens (including phenoxy) is 1. The van der Waals surface area contributed by atoms with Crippen LogP contribution in [0.3, 0.4) is 0 Å². The maximum atomic E-state index is 11.2. The van der Waals surface area contributed by atoms with E-state index in [1.54, 1.807) is 6.92 Å². The summed E-state index contributed by atoms with van der Waals surface area (Å²) in [6.45, 7) is 7.08. The molecule has 0 heterocycles. The van der Waals surface area contributed by atoms with Crippen LogP contribution >= 0.6 is 0 Å². The van der Waals surface area contributed by atoms with Gasteiger partial charge < -0.3 is 4.74 Å². The molecule has 0 aromatic heterocycles. The molecule has 0 fully saturated rings. The van der Waals surface area contributed by atoms with Crippen LogP contribution in [0.1, 0.15) is 39.5 Å². The summed E-state index contributed by atoms with van der Waals surface area (Å²) in [4.78, 5) is 13.8. The number of nitrogens with zero attached hydrogens (tertiary/aromatic N) is 3.